The Morgan fingerprint density at radius 3 is 2.76 bits per heavy atom. The van der Waals surface area contributed by atoms with Crippen molar-refractivity contribution in [3.05, 3.63) is 44.3 Å². The standard InChI is InChI=1S/C11H9BrF2N2S/c1-6-16-8(5-17-6)4-15-11-9(12)2-7(13)3-10(11)14/h2-3,5,15H,4H2,1H3. The Labute approximate surface area is 110 Å². The average molecular weight is 319 g/mol. The number of hydrogen-bond acceptors (Lipinski definition) is 3. The number of aryl methyl sites for hydroxylation is 1. The number of nitrogens with zero attached hydrogens (tertiary/aromatic N) is 1. The molecule has 2 nitrogen and oxygen atoms in total. The third kappa shape index (κ3) is 3.01. The van der Waals surface area contributed by atoms with Gasteiger partial charge in [-0.25, -0.2) is 13.8 Å². The molecule has 0 radical (unpaired) electrons. The maximum absolute atomic E-state index is 13.5. The molecule has 0 saturated carbocycles. The molecule has 0 fully saturated rings. The summed E-state index contributed by atoms with van der Waals surface area (Å²) in [6, 6.07) is 2.07. The van der Waals surface area contributed by atoms with E-state index in [1.165, 1.54) is 17.4 Å². The van der Waals surface area contributed by atoms with Gasteiger partial charge in [0, 0.05) is 15.9 Å². The summed E-state index contributed by atoms with van der Waals surface area (Å²) in [5.41, 5.74) is 1.08. The predicted octanol–water partition coefficient (Wildman–Crippen LogP) is 4.10. The highest BCUT2D eigenvalue weighted by Gasteiger charge is 2.09. The van der Waals surface area contributed by atoms with E-state index in [1.54, 1.807) is 0 Å². The molecule has 1 heterocycles. The summed E-state index contributed by atoms with van der Waals surface area (Å²) in [6.45, 7) is 2.31. The molecule has 1 N–H and O–H groups in total. The summed E-state index contributed by atoms with van der Waals surface area (Å²) in [5, 5.41) is 5.75. The first-order valence-corrected chi connectivity index (χ1v) is 6.53. The Balaban J connectivity index is 2.14. The lowest BCUT2D eigenvalue weighted by molar-refractivity contribution is 0.583. The minimum atomic E-state index is -0.621. The third-order valence-corrected chi connectivity index (χ3v) is 3.57. The summed E-state index contributed by atoms with van der Waals surface area (Å²) < 4.78 is 26.7. The van der Waals surface area contributed by atoms with E-state index in [1.807, 2.05) is 12.3 Å². The number of aromatic nitrogens is 1. The van der Waals surface area contributed by atoms with Crippen LogP contribution in [0.15, 0.2) is 22.0 Å². The molecule has 0 saturated heterocycles. The highest BCUT2D eigenvalue weighted by molar-refractivity contribution is 9.10. The minimum absolute atomic E-state index is 0.247. The van der Waals surface area contributed by atoms with Crippen LogP contribution in [0.3, 0.4) is 0 Å². The number of hydrogen-bond donors (Lipinski definition) is 1. The van der Waals surface area contributed by atoms with Crippen LogP contribution in [0.5, 0.6) is 0 Å². The van der Waals surface area contributed by atoms with Gasteiger partial charge in [0.25, 0.3) is 0 Å². The quantitative estimate of drug-likeness (QED) is 0.921. The van der Waals surface area contributed by atoms with Crippen molar-refractivity contribution >= 4 is 33.0 Å². The molecular formula is C11H9BrF2N2S. The second-order valence-corrected chi connectivity index (χ2v) is 5.37. The van der Waals surface area contributed by atoms with Crippen molar-refractivity contribution in [2.45, 2.75) is 13.5 Å². The van der Waals surface area contributed by atoms with E-state index in [0.717, 1.165) is 16.8 Å². The smallest absolute Gasteiger partial charge is 0.150 e. The fourth-order valence-electron chi connectivity index (χ4n) is 1.38. The molecule has 0 bridgehead atoms. The lowest BCUT2D eigenvalue weighted by Crippen LogP contribution is -2.03. The molecule has 1 aromatic heterocycles. The van der Waals surface area contributed by atoms with E-state index in [2.05, 4.69) is 26.2 Å². The third-order valence-electron chi connectivity index (χ3n) is 2.12. The van der Waals surface area contributed by atoms with E-state index in [9.17, 15) is 8.78 Å². The zero-order valence-electron chi connectivity index (χ0n) is 8.93. The summed E-state index contributed by atoms with van der Waals surface area (Å²) in [4.78, 5) is 4.25. The first-order valence-electron chi connectivity index (χ1n) is 4.85. The van der Waals surface area contributed by atoms with Crippen LogP contribution in [0.1, 0.15) is 10.7 Å². The first-order chi connectivity index (χ1) is 8.06. The first kappa shape index (κ1) is 12.4. The van der Waals surface area contributed by atoms with Crippen molar-refractivity contribution in [3.63, 3.8) is 0 Å². The maximum atomic E-state index is 13.5. The van der Waals surface area contributed by atoms with Gasteiger partial charge in [-0.1, -0.05) is 0 Å². The zero-order chi connectivity index (χ0) is 12.4. The number of thiazole rings is 1. The molecule has 2 aromatic rings. The Morgan fingerprint density at radius 2 is 2.18 bits per heavy atom. The van der Waals surface area contributed by atoms with Gasteiger partial charge in [-0.3, -0.25) is 0 Å². The van der Waals surface area contributed by atoms with Crippen LogP contribution in [-0.2, 0) is 6.54 Å². The molecule has 0 aliphatic carbocycles. The minimum Gasteiger partial charge on any atom is -0.376 e. The molecule has 1 aromatic carbocycles. The van der Waals surface area contributed by atoms with Crippen molar-refractivity contribution < 1.29 is 8.78 Å². The van der Waals surface area contributed by atoms with E-state index < -0.39 is 11.6 Å². The Hall–Kier alpha value is -1.01. The van der Waals surface area contributed by atoms with Gasteiger partial charge in [-0.15, -0.1) is 11.3 Å². The molecule has 0 aliphatic rings. The Kier molecular flexibility index (Phi) is 3.73. The molecule has 2 rings (SSSR count). The van der Waals surface area contributed by atoms with Crippen LogP contribution in [0.2, 0.25) is 0 Å². The number of rotatable bonds is 3. The Morgan fingerprint density at radius 1 is 1.41 bits per heavy atom. The number of benzene rings is 1. The summed E-state index contributed by atoms with van der Waals surface area (Å²) >= 11 is 4.65. The van der Waals surface area contributed by atoms with Gasteiger partial charge in [0.2, 0.25) is 0 Å². The van der Waals surface area contributed by atoms with Gasteiger partial charge >= 0.3 is 0 Å². The topological polar surface area (TPSA) is 24.9 Å². The number of nitrogens with one attached hydrogen (secondary N) is 1. The van der Waals surface area contributed by atoms with Crippen LogP contribution >= 0.6 is 27.3 Å². The summed E-state index contributed by atoms with van der Waals surface area (Å²) in [7, 11) is 0. The van der Waals surface area contributed by atoms with Gasteiger partial charge in [0.15, 0.2) is 0 Å². The summed E-state index contributed by atoms with van der Waals surface area (Å²) in [5.74, 6) is -1.23. The zero-order valence-corrected chi connectivity index (χ0v) is 11.3. The molecule has 6 heteroatoms. The van der Waals surface area contributed by atoms with Crippen LogP contribution < -0.4 is 5.32 Å². The van der Waals surface area contributed by atoms with E-state index in [0.29, 0.717) is 11.0 Å². The molecule has 0 unspecified atom stereocenters. The lowest BCUT2D eigenvalue weighted by atomic mass is 10.3. The monoisotopic (exact) mass is 318 g/mol. The number of anilines is 1. The van der Waals surface area contributed by atoms with Crippen LogP contribution in [0.25, 0.3) is 0 Å². The van der Waals surface area contributed by atoms with Crippen LogP contribution in [-0.4, -0.2) is 4.98 Å². The molecule has 90 valence electrons. The fourth-order valence-corrected chi connectivity index (χ4v) is 2.54. The van der Waals surface area contributed by atoms with Gasteiger partial charge in [0.05, 0.1) is 22.9 Å². The van der Waals surface area contributed by atoms with Crippen molar-refractivity contribution in [1.29, 1.82) is 0 Å². The van der Waals surface area contributed by atoms with Gasteiger partial charge in [-0.05, 0) is 28.9 Å². The van der Waals surface area contributed by atoms with E-state index in [4.69, 9.17) is 0 Å². The van der Waals surface area contributed by atoms with Gasteiger partial charge < -0.3 is 5.32 Å². The molecule has 0 atom stereocenters. The molecule has 0 spiro atoms. The second kappa shape index (κ2) is 5.10. The largest absolute Gasteiger partial charge is 0.376 e. The second-order valence-electron chi connectivity index (χ2n) is 3.46. The van der Waals surface area contributed by atoms with Crippen molar-refractivity contribution in [2.24, 2.45) is 0 Å². The molecular weight excluding hydrogens is 310 g/mol. The molecule has 0 amide bonds. The van der Waals surface area contributed by atoms with Gasteiger partial charge in [0.1, 0.15) is 11.6 Å². The average Bonchev–Trinajstić information content (AvgIpc) is 2.62. The van der Waals surface area contributed by atoms with Gasteiger partial charge in [-0.2, -0.15) is 0 Å². The maximum Gasteiger partial charge on any atom is 0.150 e. The Bertz CT molecular complexity index is 519. The van der Waals surface area contributed by atoms with Crippen molar-refractivity contribution in [1.82, 2.24) is 4.98 Å². The normalized spacial score (nSPS) is 10.6. The fraction of sp³-hybridized carbons (Fsp3) is 0.182. The van der Waals surface area contributed by atoms with Crippen molar-refractivity contribution in [3.8, 4) is 0 Å². The van der Waals surface area contributed by atoms with Crippen LogP contribution in [0, 0.1) is 18.6 Å². The SMILES string of the molecule is Cc1nc(CNc2c(F)cc(F)cc2Br)cs1. The highest BCUT2D eigenvalue weighted by Crippen LogP contribution is 2.27. The lowest BCUT2D eigenvalue weighted by Gasteiger charge is -2.08. The van der Waals surface area contributed by atoms with E-state index >= 15 is 0 Å². The predicted molar refractivity (Wildman–Crippen MR) is 68.2 cm³/mol. The summed E-state index contributed by atoms with van der Waals surface area (Å²) in [6.07, 6.45) is 0. The van der Waals surface area contributed by atoms with Crippen molar-refractivity contribution in [2.75, 3.05) is 5.32 Å². The molecule has 0 aliphatic heterocycles. The molecule has 17 heavy (non-hydrogen) atoms. The van der Waals surface area contributed by atoms with E-state index in [-0.39, 0.29) is 5.69 Å². The number of halogens is 3. The highest BCUT2D eigenvalue weighted by atomic mass is 79.9. The van der Waals surface area contributed by atoms with Crippen LogP contribution in [0.4, 0.5) is 14.5 Å².